The van der Waals surface area contributed by atoms with Crippen LogP contribution < -0.4 is 9.47 Å². The van der Waals surface area contributed by atoms with Crippen LogP contribution in [0.25, 0.3) is 0 Å². The monoisotopic (exact) mass is 420 g/mol. The summed E-state index contributed by atoms with van der Waals surface area (Å²) >= 11 is 1.66. The maximum Gasteiger partial charge on any atom is 0.162 e. The summed E-state index contributed by atoms with van der Waals surface area (Å²) in [7, 11) is 0. The van der Waals surface area contributed by atoms with E-state index in [9.17, 15) is 5.26 Å². The van der Waals surface area contributed by atoms with Crippen molar-refractivity contribution in [2.45, 2.75) is 47.0 Å². The van der Waals surface area contributed by atoms with Crippen LogP contribution in [0, 0.1) is 35.0 Å². The first kappa shape index (κ1) is 21.9. The van der Waals surface area contributed by atoms with Gasteiger partial charge in [0.15, 0.2) is 11.5 Å². The molecule has 0 aliphatic heterocycles. The Morgan fingerprint density at radius 1 is 1.30 bits per heavy atom. The van der Waals surface area contributed by atoms with Gasteiger partial charge in [-0.25, -0.2) is 4.99 Å². The average Bonchev–Trinajstić information content (AvgIpc) is 3.07. The summed E-state index contributed by atoms with van der Waals surface area (Å²) in [6.45, 7) is 9.54. The van der Waals surface area contributed by atoms with E-state index in [0.717, 1.165) is 35.4 Å². The number of hydrogen-bond donors (Lipinski definition) is 0. The predicted octanol–water partition coefficient (Wildman–Crippen LogP) is 5.93. The van der Waals surface area contributed by atoms with E-state index in [1.807, 2.05) is 25.1 Å². The van der Waals surface area contributed by atoms with Crippen LogP contribution in [0.4, 0.5) is 5.00 Å². The fourth-order valence-corrected chi connectivity index (χ4v) is 4.98. The Hall–Kier alpha value is -2.76. The van der Waals surface area contributed by atoms with Gasteiger partial charge in [0.1, 0.15) is 17.7 Å². The van der Waals surface area contributed by atoms with Crippen LogP contribution in [0.1, 0.15) is 55.7 Å². The molecule has 0 saturated carbocycles. The summed E-state index contributed by atoms with van der Waals surface area (Å²) in [4.78, 5) is 5.99. The number of fused-ring (bicyclic) bond motifs is 1. The number of rotatable bonds is 6. The van der Waals surface area contributed by atoms with Crippen molar-refractivity contribution in [3.8, 4) is 29.9 Å². The fraction of sp³-hybridized carbons (Fsp3) is 0.440. The number of aliphatic imine (C=N–C) groups is 1. The van der Waals surface area contributed by atoms with Crippen molar-refractivity contribution in [2.24, 2.45) is 16.3 Å². The molecule has 0 fully saturated rings. The largest absolute Gasteiger partial charge is 0.490 e. The summed E-state index contributed by atoms with van der Waals surface area (Å²) < 4.78 is 11.2. The van der Waals surface area contributed by atoms with E-state index < -0.39 is 0 Å². The van der Waals surface area contributed by atoms with Gasteiger partial charge in [-0.2, -0.15) is 5.26 Å². The number of nitriles is 1. The normalized spacial score (nSPS) is 16.0. The third-order valence-corrected chi connectivity index (χ3v) is 6.66. The zero-order valence-electron chi connectivity index (χ0n) is 18.1. The molecule has 0 saturated heterocycles. The molecular formula is C25H28N2O2S. The minimum atomic E-state index is 0.190. The van der Waals surface area contributed by atoms with Gasteiger partial charge in [0, 0.05) is 11.1 Å². The number of thiophene rings is 1. The number of terminal acetylenes is 1. The number of nitrogens with zero attached hydrogens (tertiary/aromatic N) is 2. The Labute approximate surface area is 183 Å². The summed E-state index contributed by atoms with van der Waals surface area (Å²) in [5.41, 5.74) is 3.09. The molecule has 1 aromatic heterocycles. The van der Waals surface area contributed by atoms with Crippen molar-refractivity contribution in [3.63, 3.8) is 0 Å². The number of ether oxygens (including phenoxy) is 2. The Bertz CT molecular complexity index is 1020. The van der Waals surface area contributed by atoms with Crippen molar-refractivity contribution in [1.29, 1.82) is 5.26 Å². The zero-order chi connectivity index (χ0) is 21.7. The van der Waals surface area contributed by atoms with E-state index in [-0.39, 0.29) is 12.0 Å². The van der Waals surface area contributed by atoms with Gasteiger partial charge in [0.05, 0.1) is 12.2 Å². The Morgan fingerprint density at radius 2 is 2.10 bits per heavy atom. The summed E-state index contributed by atoms with van der Waals surface area (Å²) in [5, 5.41) is 10.5. The van der Waals surface area contributed by atoms with Crippen LogP contribution in [0.15, 0.2) is 23.2 Å². The maximum atomic E-state index is 9.75. The van der Waals surface area contributed by atoms with Gasteiger partial charge < -0.3 is 9.47 Å². The molecule has 0 amide bonds. The van der Waals surface area contributed by atoms with Crippen molar-refractivity contribution < 1.29 is 9.47 Å². The molecule has 0 unspecified atom stereocenters. The van der Waals surface area contributed by atoms with E-state index in [4.69, 9.17) is 15.9 Å². The molecule has 1 aliphatic carbocycles. The summed E-state index contributed by atoms with van der Waals surface area (Å²) in [6, 6.07) is 8.02. The predicted molar refractivity (Wildman–Crippen MR) is 123 cm³/mol. The van der Waals surface area contributed by atoms with Crippen LogP contribution in [0.2, 0.25) is 0 Å². The lowest BCUT2D eigenvalue weighted by molar-refractivity contribution is 0.218. The van der Waals surface area contributed by atoms with Crippen molar-refractivity contribution in [2.75, 3.05) is 13.2 Å². The van der Waals surface area contributed by atoms with Crippen LogP contribution in [0.3, 0.4) is 0 Å². The smallest absolute Gasteiger partial charge is 0.162 e. The minimum absolute atomic E-state index is 0.190. The first-order valence-corrected chi connectivity index (χ1v) is 11.1. The molecule has 0 bridgehead atoms. The van der Waals surface area contributed by atoms with Crippen molar-refractivity contribution in [3.05, 3.63) is 39.8 Å². The lowest BCUT2D eigenvalue weighted by Gasteiger charge is -2.33. The van der Waals surface area contributed by atoms with Crippen LogP contribution in [-0.4, -0.2) is 19.4 Å². The second-order valence-electron chi connectivity index (χ2n) is 8.49. The molecule has 1 atom stereocenters. The summed E-state index contributed by atoms with van der Waals surface area (Å²) in [6.07, 6.45) is 10.2. The zero-order valence-corrected chi connectivity index (χ0v) is 18.9. The summed E-state index contributed by atoms with van der Waals surface area (Å²) in [5.74, 6) is 4.35. The molecule has 0 N–H and O–H groups in total. The Balaban J connectivity index is 1.86. The molecule has 0 spiro atoms. The maximum absolute atomic E-state index is 9.75. The second kappa shape index (κ2) is 9.37. The van der Waals surface area contributed by atoms with Gasteiger partial charge in [-0.3, -0.25) is 0 Å². The molecule has 30 heavy (non-hydrogen) atoms. The SMILES string of the molecule is C#CCOc1ccc(C=Nc2sc3c(c2C#N)CC[C@H](C(C)(C)C)C3)cc1OCC. The van der Waals surface area contributed by atoms with Gasteiger partial charge in [-0.1, -0.05) is 26.7 Å². The molecule has 2 aromatic rings. The second-order valence-corrected chi connectivity index (χ2v) is 9.58. The quantitative estimate of drug-likeness (QED) is 0.430. The molecule has 3 rings (SSSR count). The standard InChI is InChI=1S/C25H28N2O2S/c1-6-12-29-21-11-8-17(13-22(21)28-7-2)16-27-24-20(15-26)19-10-9-18(25(3,4)5)14-23(19)30-24/h1,8,11,13,16,18H,7,9-10,12,14H2,2-5H3/t18-/m0/s1. The van der Waals surface area contributed by atoms with Gasteiger partial charge in [0.2, 0.25) is 0 Å². The topological polar surface area (TPSA) is 54.6 Å². The van der Waals surface area contributed by atoms with E-state index in [0.29, 0.717) is 24.0 Å². The molecule has 4 nitrogen and oxygen atoms in total. The van der Waals surface area contributed by atoms with E-state index in [1.165, 1.54) is 10.4 Å². The highest BCUT2D eigenvalue weighted by atomic mass is 32.1. The van der Waals surface area contributed by atoms with Gasteiger partial charge in [0.25, 0.3) is 0 Å². The van der Waals surface area contributed by atoms with E-state index in [1.54, 1.807) is 17.6 Å². The van der Waals surface area contributed by atoms with E-state index >= 15 is 0 Å². The molecular weight excluding hydrogens is 392 g/mol. The van der Waals surface area contributed by atoms with Gasteiger partial charge >= 0.3 is 0 Å². The van der Waals surface area contributed by atoms with Crippen LogP contribution >= 0.6 is 11.3 Å². The highest BCUT2D eigenvalue weighted by Gasteiger charge is 2.32. The molecule has 1 aromatic carbocycles. The Morgan fingerprint density at radius 3 is 2.77 bits per heavy atom. The number of benzene rings is 1. The van der Waals surface area contributed by atoms with Gasteiger partial charge in [-0.15, -0.1) is 17.8 Å². The Kier molecular flexibility index (Phi) is 6.85. The molecule has 1 aliphatic rings. The van der Waals surface area contributed by atoms with E-state index in [2.05, 4.69) is 37.8 Å². The third-order valence-electron chi connectivity index (χ3n) is 5.49. The van der Waals surface area contributed by atoms with Gasteiger partial charge in [-0.05, 0) is 66.8 Å². The first-order chi connectivity index (χ1) is 14.4. The third kappa shape index (κ3) is 4.86. The van der Waals surface area contributed by atoms with Crippen LogP contribution in [-0.2, 0) is 12.8 Å². The van der Waals surface area contributed by atoms with Crippen molar-refractivity contribution >= 4 is 22.6 Å². The van der Waals surface area contributed by atoms with Crippen molar-refractivity contribution in [1.82, 2.24) is 0 Å². The lowest BCUT2D eigenvalue weighted by Crippen LogP contribution is -2.26. The molecule has 1 heterocycles. The highest BCUT2D eigenvalue weighted by Crippen LogP contribution is 2.44. The average molecular weight is 421 g/mol. The lowest BCUT2D eigenvalue weighted by atomic mass is 9.72. The highest BCUT2D eigenvalue weighted by molar-refractivity contribution is 7.16. The molecule has 156 valence electrons. The minimum Gasteiger partial charge on any atom is -0.490 e. The number of hydrogen-bond acceptors (Lipinski definition) is 5. The molecule has 0 radical (unpaired) electrons. The van der Waals surface area contributed by atoms with Crippen LogP contribution in [0.5, 0.6) is 11.5 Å². The fourth-order valence-electron chi connectivity index (χ4n) is 3.76. The molecule has 5 heteroatoms. The first-order valence-electron chi connectivity index (χ1n) is 10.3.